The third kappa shape index (κ3) is 4.49. The lowest BCUT2D eigenvalue weighted by molar-refractivity contribution is -0.118. The number of hydrogen-bond acceptors (Lipinski definition) is 4. The lowest BCUT2D eigenvalue weighted by Crippen LogP contribution is -2.25. The number of carbonyl (C=O) groups excluding carboxylic acids is 2. The van der Waals surface area contributed by atoms with E-state index < -0.39 is 0 Å². The molecule has 1 aliphatic rings. The van der Waals surface area contributed by atoms with Crippen LogP contribution in [-0.2, 0) is 16.1 Å². The molecule has 0 unspecified atom stereocenters. The SMILES string of the molecule is CCCCn1nc(C)c(/C=C/C(=O)Nc2ccc3c(c2)NC(=O)CO3)c1Cl. The summed E-state index contributed by atoms with van der Waals surface area (Å²) in [7, 11) is 0. The standard InChI is InChI=1S/C19H21ClN4O3/c1-3-4-9-24-19(20)14(12(2)23-24)6-8-17(25)21-13-5-7-16-15(10-13)22-18(26)11-27-16/h5-8,10H,3-4,9,11H2,1-2H3,(H,21,25)(H,22,26)/b8-6+. The molecule has 2 N–H and O–H groups in total. The summed E-state index contributed by atoms with van der Waals surface area (Å²) in [4.78, 5) is 23.6. The number of amides is 2. The number of fused-ring (bicyclic) bond motifs is 1. The number of aryl methyl sites for hydroxylation is 2. The van der Waals surface area contributed by atoms with Gasteiger partial charge in [-0.3, -0.25) is 14.3 Å². The molecule has 0 bridgehead atoms. The fraction of sp³-hybridized carbons (Fsp3) is 0.316. The average molecular weight is 389 g/mol. The molecule has 27 heavy (non-hydrogen) atoms. The fourth-order valence-corrected chi connectivity index (χ4v) is 3.04. The molecule has 142 valence electrons. The van der Waals surface area contributed by atoms with Gasteiger partial charge in [-0.15, -0.1) is 0 Å². The van der Waals surface area contributed by atoms with Crippen molar-refractivity contribution in [3.05, 3.63) is 40.7 Å². The Morgan fingerprint density at radius 3 is 3.07 bits per heavy atom. The Balaban J connectivity index is 1.68. The van der Waals surface area contributed by atoms with Gasteiger partial charge in [-0.25, -0.2) is 0 Å². The van der Waals surface area contributed by atoms with E-state index in [-0.39, 0.29) is 18.4 Å². The minimum atomic E-state index is -0.310. The van der Waals surface area contributed by atoms with Gasteiger partial charge in [-0.2, -0.15) is 5.10 Å². The van der Waals surface area contributed by atoms with Crippen molar-refractivity contribution < 1.29 is 14.3 Å². The molecule has 7 nitrogen and oxygen atoms in total. The van der Waals surface area contributed by atoms with Crippen LogP contribution < -0.4 is 15.4 Å². The average Bonchev–Trinajstić information content (AvgIpc) is 2.91. The molecule has 0 spiro atoms. The Morgan fingerprint density at radius 1 is 1.48 bits per heavy atom. The van der Waals surface area contributed by atoms with Crippen molar-refractivity contribution in [2.24, 2.45) is 0 Å². The summed E-state index contributed by atoms with van der Waals surface area (Å²) < 4.78 is 7.05. The zero-order valence-electron chi connectivity index (χ0n) is 15.2. The lowest BCUT2D eigenvalue weighted by Gasteiger charge is -2.18. The highest BCUT2D eigenvalue weighted by Crippen LogP contribution is 2.30. The Bertz CT molecular complexity index is 905. The fourth-order valence-electron chi connectivity index (χ4n) is 2.72. The van der Waals surface area contributed by atoms with Crippen molar-refractivity contribution >= 4 is 40.9 Å². The van der Waals surface area contributed by atoms with Gasteiger partial charge in [0, 0.05) is 23.9 Å². The number of rotatable bonds is 6. The number of anilines is 2. The first-order valence-electron chi connectivity index (χ1n) is 8.76. The summed E-state index contributed by atoms with van der Waals surface area (Å²) in [5.41, 5.74) is 2.59. The molecule has 0 saturated carbocycles. The summed E-state index contributed by atoms with van der Waals surface area (Å²) >= 11 is 6.37. The van der Waals surface area contributed by atoms with Crippen LogP contribution in [0, 0.1) is 6.92 Å². The maximum atomic E-state index is 12.2. The molecule has 0 fully saturated rings. The molecule has 8 heteroatoms. The second-order valence-corrected chi connectivity index (χ2v) is 6.59. The molecular weight excluding hydrogens is 368 g/mol. The van der Waals surface area contributed by atoms with E-state index in [0.717, 1.165) is 30.6 Å². The molecule has 0 radical (unpaired) electrons. The van der Waals surface area contributed by atoms with Crippen molar-refractivity contribution in [2.45, 2.75) is 33.2 Å². The highest BCUT2D eigenvalue weighted by molar-refractivity contribution is 6.31. The monoisotopic (exact) mass is 388 g/mol. The smallest absolute Gasteiger partial charge is 0.262 e. The number of halogens is 1. The molecule has 2 amide bonds. The van der Waals surface area contributed by atoms with Gasteiger partial charge in [0.2, 0.25) is 5.91 Å². The second kappa shape index (κ2) is 8.26. The minimum absolute atomic E-state index is 0.00646. The van der Waals surface area contributed by atoms with Crippen LogP contribution in [0.15, 0.2) is 24.3 Å². The normalized spacial score (nSPS) is 13.2. The van der Waals surface area contributed by atoms with Gasteiger partial charge in [0.15, 0.2) is 6.61 Å². The van der Waals surface area contributed by atoms with Crippen LogP contribution in [0.3, 0.4) is 0 Å². The number of hydrogen-bond donors (Lipinski definition) is 2. The van der Waals surface area contributed by atoms with E-state index in [1.54, 1.807) is 29.0 Å². The van der Waals surface area contributed by atoms with Gasteiger partial charge in [0.05, 0.1) is 11.4 Å². The largest absolute Gasteiger partial charge is 0.482 e. The third-order valence-corrected chi connectivity index (χ3v) is 4.51. The van der Waals surface area contributed by atoms with Gasteiger partial charge in [-0.1, -0.05) is 24.9 Å². The molecule has 1 aromatic heterocycles. The van der Waals surface area contributed by atoms with Crippen molar-refractivity contribution in [1.29, 1.82) is 0 Å². The number of benzene rings is 1. The highest BCUT2D eigenvalue weighted by Gasteiger charge is 2.16. The summed E-state index contributed by atoms with van der Waals surface area (Å²) in [6.07, 6.45) is 5.11. The number of aromatic nitrogens is 2. The summed E-state index contributed by atoms with van der Waals surface area (Å²) in [5, 5.41) is 10.4. The van der Waals surface area contributed by atoms with Crippen LogP contribution in [0.4, 0.5) is 11.4 Å². The zero-order valence-corrected chi connectivity index (χ0v) is 16.0. The molecule has 1 aromatic carbocycles. The zero-order chi connectivity index (χ0) is 19.4. The van der Waals surface area contributed by atoms with E-state index in [2.05, 4.69) is 22.7 Å². The maximum absolute atomic E-state index is 12.2. The van der Waals surface area contributed by atoms with Gasteiger partial charge in [0.1, 0.15) is 10.9 Å². The Kier molecular flexibility index (Phi) is 5.81. The summed E-state index contributed by atoms with van der Waals surface area (Å²) in [5.74, 6) is 0.0379. The minimum Gasteiger partial charge on any atom is -0.482 e. The van der Waals surface area contributed by atoms with E-state index in [1.165, 1.54) is 6.08 Å². The van der Waals surface area contributed by atoms with Gasteiger partial charge in [0.25, 0.3) is 5.91 Å². The molecule has 2 heterocycles. The van der Waals surface area contributed by atoms with Crippen LogP contribution >= 0.6 is 11.6 Å². The molecule has 0 atom stereocenters. The van der Waals surface area contributed by atoms with E-state index >= 15 is 0 Å². The summed E-state index contributed by atoms with van der Waals surface area (Å²) in [6.45, 7) is 4.71. The Labute approximate surface area is 162 Å². The topological polar surface area (TPSA) is 85.3 Å². The van der Waals surface area contributed by atoms with Crippen molar-refractivity contribution in [1.82, 2.24) is 9.78 Å². The quantitative estimate of drug-likeness (QED) is 0.740. The maximum Gasteiger partial charge on any atom is 0.262 e. The van der Waals surface area contributed by atoms with Crippen LogP contribution in [-0.4, -0.2) is 28.2 Å². The van der Waals surface area contributed by atoms with Crippen LogP contribution in [0.1, 0.15) is 31.0 Å². The molecule has 3 rings (SSSR count). The Hall–Kier alpha value is -2.80. The van der Waals surface area contributed by atoms with Crippen LogP contribution in [0.5, 0.6) is 5.75 Å². The first kappa shape index (κ1) is 19.0. The van der Waals surface area contributed by atoms with Gasteiger partial charge in [-0.05, 0) is 37.6 Å². The van der Waals surface area contributed by atoms with Crippen molar-refractivity contribution in [2.75, 3.05) is 17.2 Å². The van der Waals surface area contributed by atoms with Crippen LogP contribution in [0.25, 0.3) is 6.08 Å². The second-order valence-electron chi connectivity index (χ2n) is 6.24. The number of ether oxygens (including phenoxy) is 1. The van der Waals surface area contributed by atoms with Gasteiger partial charge >= 0.3 is 0 Å². The van der Waals surface area contributed by atoms with Crippen LogP contribution in [0.2, 0.25) is 5.15 Å². The van der Waals surface area contributed by atoms with E-state index in [1.807, 2.05) is 6.92 Å². The molecular formula is C19H21ClN4O3. The third-order valence-electron chi connectivity index (χ3n) is 4.11. The van der Waals surface area contributed by atoms with E-state index in [9.17, 15) is 9.59 Å². The van der Waals surface area contributed by atoms with Crippen molar-refractivity contribution in [3.63, 3.8) is 0 Å². The van der Waals surface area contributed by atoms with E-state index in [4.69, 9.17) is 16.3 Å². The molecule has 0 aliphatic carbocycles. The number of nitrogens with zero attached hydrogens (tertiary/aromatic N) is 2. The summed E-state index contributed by atoms with van der Waals surface area (Å²) in [6, 6.07) is 5.06. The Morgan fingerprint density at radius 2 is 2.30 bits per heavy atom. The molecule has 1 aliphatic heterocycles. The highest BCUT2D eigenvalue weighted by atomic mass is 35.5. The first-order valence-corrected chi connectivity index (χ1v) is 9.14. The lowest BCUT2D eigenvalue weighted by atomic mass is 10.2. The number of nitrogens with one attached hydrogen (secondary N) is 2. The first-order chi connectivity index (χ1) is 13.0. The van der Waals surface area contributed by atoms with Crippen molar-refractivity contribution in [3.8, 4) is 5.75 Å². The predicted molar refractivity (Wildman–Crippen MR) is 105 cm³/mol. The number of unbranched alkanes of at least 4 members (excludes halogenated alkanes) is 1. The predicted octanol–water partition coefficient (Wildman–Crippen LogP) is 3.63. The molecule has 2 aromatic rings. The van der Waals surface area contributed by atoms with E-state index in [0.29, 0.717) is 22.3 Å². The molecule has 0 saturated heterocycles. The van der Waals surface area contributed by atoms with Gasteiger partial charge < -0.3 is 15.4 Å². The number of carbonyl (C=O) groups is 2.